The van der Waals surface area contributed by atoms with Crippen molar-refractivity contribution in [2.45, 2.75) is 12.8 Å². The summed E-state index contributed by atoms with van der Waals surface area (Å²) in [6.45, 7) is 0.381. The molecule has 1 heterocycles. The highest BCUT2D eigenvalue weighted by molar-refractivity contribution is 8.13. The second kappa shape index (κ2) is 9.07. The number of amides is 3. The van der Waals surface area contributed by atoms with Crippen molar-refractivity contribution in [3.8, 4) is 0 Å². The molecular weight excluding hydrogens is 332 g/mol. The van der Waals surface area contributed by atoms with E-state index in [0.717, 1.165) is 11.3 Å². The number of benzene rings is 1. The summed E-state index contributed by atoms with van der Waals surface area (Å²) < 4.78 is 4.80. The molecule has 1 aromatic rings. The molecule has 7 nitrogen and oxygen atoms in total. The van der Waals surface area contributed by atoms with E-state index >= 15 is 0 Å². The zero-order valence-electron chi connectivity index (χ0n) is 13.0. The smallest absolute Gasteiger partial charge is 0.308 e. The number of carbonyl (C=O) groups is 4. The zero-order chi connectivity index (χ0) is 17.4. The average molecular weight is 350 g/mol. The number of nitrogens with zero attached hydrogens (tertiary/aromatic N) is 1. The van der Waals surface area contributed by atoms with Crippen LogP contribution in [0.2, 0.25) is 0 Å². The second-order valence-electron chi connectivity index (χ2n) is 5.15. The van der Waals surface area contributed by atoms with Crippen LogP contribution in [0.4, 0.5) is 4.79 Å². The van der Waals surface area contributed by atoms with Crippen LogP contribution in [0.5, 0.6) is 0 Å². The van der Waals surface area contributed by atoms with Gasteiger partial charge in [-0.1, -0.05) is 42.1 Å². The number of imide groups is 1. The maximum Gasteiger partial charge on any atom is 0.308 e. The van der Waals surface area contributed by atoms with E-state index in [0.29, 0.717) is 6.54 Å². The van der Waals surface area contributed by atoms with E-state index in [1.165, 1.54) is 11.8 Å². The van der Waals surface area contributed by atoms with E-state index in [1.807, 2.05) is 6.07 Å². The van der Waals surface area contributed by atoms with Crippen LogP contribution in [0.1, 0.15) is 12.0 Å². The molecule has 1 aliphatic rings. The molecule has 0 spiro atoms. The third-order valence-corrected chi connectivity index (χ3v) is 4.17. The topological polar surface area (TPSA) is 92.8 Å². The maximum absolute atomic E-state index is 11.7. The Balaban J connectivity index is 1.62. The summed E-state index contributed by atoms with van der Waals surface area (Å²) in [5.41, 5.74) is 0.785. The highest BCUT2D eigenvalue weighted by Gasteiger charge is 2.21. The molecule has 1 aromatic carbocycles. The van der Waals surface area contributed by atoms with Crippen LogP contribution in [0.3, 0.4) is 0 Å². The maximum atomic E-state index is 11.7. The lowest BCUT2D eigenvalue weighted by Gasteiger charge is -2.13. The Kier molecular flexibility index (Phi) is 6.80. The van der Waals surface area contributed by atoms with Crippen LogP contribution < -0.4 is 5.32 Å². The molecule has 0 saturated carbocycles. The van der Waals surface area contributed by atoms with Gasteiger partial charge in [0.2, 0.25) is 5.91 Å². The van der Waals surface area contributed by atoms with E-state index in [1.54, 1.807) is 29.2 Å². The predicted molar refractivity (Wildman–Crippen MR) is 88.3 cm³/mol. The SMILES string of the molecule is O=C(COC(=O)CCN1CCSC1=O)NC(=O)Cc1ccccc1. The molecule has 24 heavy (non-hydrogen) atoms. The van der Waals surface area contributed by atoms with Crippen molar-refractivity contribution < 1.29 is 23.9 Å². The number of nitrogens with one attached hydrogen (secondary N) is 1. The van der Waals surface area contributed by atoms with Gasteiger partial charge >= 0.3 is 5.97 Å². The Labute approximate surface area is 143 Å². The molecule has 0 aromatic heterocycles. The molecule has 0 atom stereocenters. The Morgan fingerprint density at radius 3 is 2.58 bits per heavy atom. The van der Waals surface area contributed by atoms with E-state index in [9.17, 15) is 19.2 Å². The fourth-order valence-electron chi connectivity index (χ4n) is 2.09. The van der Waals surface area contributed by atoms with Crippen LogP contribution in [-0.2, 0) is 25.5 Å². The van der Waals surface area contributed by atoms with Crippen LogP contribution in [0.25, 0.3) is 0 Å². The lowest BCUT2D eigenvalue weighted by molar-refractivity contribution is -0.149. The van der Waals surface area contributed by atoms with Crippen molar-refractivity contribution >= 4 is 34.8 Å². The van der Waals surface area contributed by atoms with Crippen molar-refractivity contribution in [3.63, 3.8) is 0 Å². The summed E-state index contributed by atoms with van der Waals surface area (Å²) in [7, 11) is 0. The van der Waals surface area contributed by atoms with Crippen LogP contribution in [0, 0.1) is 0 Å². The summed E-state index contributed by atoms with van der Waals surface area (Å²) >= 11 is 1.22. The van der Waals surface area contributed by atoms with Gasteiger partial charge in [0.15, 0.2) is 6.61 Å². The molecule has 1 N–H and O–H groups in total. The largest absolute Gasteiger partial charge is 0.456 e. The summed E-state index contributed by atoms with van der Waals surface area (Å²) in [6.07, 6.45) is 0.104. The van der Waals surface area contributed by atoms with Gasteiger partial charge in [-0.05, 0) is 5.56 Å². The van der Waals surface area contributed by atoms with Gasteiger partial charge in [-0.25, -0.2) is 0 Å². The summed E-state index contributed by atoms with van der Waals surface area (Å²) in [5, 5.41) is 2.12. The molecule has 3 amide bonds. The minimum atomic E-state index is -0.669. The van der Waals surface area contributed by atoms with Gasteiger partial charge in [-0.15, -0.1) is 0 Å². The first-order chi connectivity index (χ1) is 11.5. The first-order valence-electron chi connectivity index (χ1n) is 7.48. The lowest BCUT2D eigenvalue weighted by Crippen LogP contribution is -2.35. The van der Waals surface area contributed by atoms with Gasteiger partial charge in [-0.3, -0.25) is 24.5 Å². The summed E-state index contributed by atoms with van der Waals surface area (Å²) in [5.74, 6) is -0.982. The molecule has 1 aliphatic heterocycles. The van der Waals surface area contributed by atoms with E-state index in [2.05, 4.69) is 5.32 Å². The van der Waals surface area contributed by atoms with E-state index in [-0.39, 0.29) is 24.6 Å². The molecule has 0 aliphatic carbocycles. The van der Waals surface area contributed by atoms with Crippen molar-refractivity contribution in [2.75, 3.05) is 25.4 Å². The molecule has 0 unspecified atom stereocenters. The predicted octanol–water partition coefficient (Wildman–Crippen LogP) is 0.974. The lowest BCUT2D eigenvalue weighted by atomic mass is 10.1. The van der Waals surface area contributed by atoms with Crippen molar-refractivity contribution in [1.29, 1.82) is 0 Å². The number of carbonyl (C=O) groups excluding carboxylic acids is 4. The number of rotatable bonds is 7. The Bertz CT molecular complexity index is 620. The monoisotopic (exact) mass is 350 g/mol. The molecule has 0 radical (unpaired) electrons. The normalized spacial score (nSPS) is 13.7. The third-order valence-electron chi connectivity index (χ3n) is 3.28. The van der Waals surface area contributed by atoms with Gasteiger partial charge < -0.3 is 9.64 Å². The van der Waals surface area contributed by atoms with Crippen molar-refractivity contribution in [3.05, 3.63) is 35.9 Å². The minimum absolute atomic E-state index is 0.0253. The third kappa shape index (κ3) is 6.04. The molecular formula is C16H18N2O5S. The molecule has 0 bridgehead atoms. The molecule has 1 fully saturated rings. The molecule has 128 valence electrons. The van der Waals surface area contributed by atoms with Gasteiger partial charge in [0.05, 0.1) is 12.8 Å². The van der Waals surface area contributed by atoms with Gasteiger partial charge in [-0.2, -0.15) is 0 Å². The second-order valence-corrected chi connectivity index (χ2v) is 6.19. The Morgan fingerprint density at radius 1 is 1.17 bits per heavy atom. The van der Waals surface area contributed by atoms with Gasteiger partial charge in [0.25, 0.3) is 11.1 Å². The number of thioether (sulfide) groups is 1. The zero-order valence-corrected chi connectivity index (χ0v) is 13.8. The van der Waals surface area contributed by atoms with E-state index < -0.39 is 24.4 Å². The Morgan fingerprint density at radius 2 is 1.92 bits per heavy atom. The number of hydrogen-bond acceptors (Lipinski definition) is 6. The van der Waals surface area contributed by atoms with E-state index in [4.69, 9.17) is 4.74 Å². The fraction of sp³-hybridized carbons (Fsp3) is 0.375. The van der Waals surface area contributed by atoms with Crippen LogP contribution >= 0.6 is 11.8 Å². The average Bonchev–Trinajstić information content (AvgIpc) is 2.97. The van der Waals surface area contributed by atoms with Crippen LogP contribution in [0.15, 0.2) is 30.3 Å². The van der Waals surface area contributed by atoms with Crippen molar-refractivity contribution in [1.82, 2.24) is 10.2 Å². The highest BCUT2D eigenvalue weighted by Crippen LogP contribution is 2.17. The highest BCUT2D eigenvalue weighted by atomic mass is 32.2. The van der Waals surface area contributed by atoms with Gasteiger partial charge in [0.1, 0.15) is 0 Å². The van der Waals surface area contributed by atoms with Gasteiger partial charge in [0, 0.05) is 18.8 Å². The standard InChI is InChI=1S/C16H18N2O5S/c19-13(10-12-4-2-1-3-5-12)17-14(20)11-23-15(21)6-7-18-8-9-24-16(18)22/h1-5H,6-11H2,(H,17,19,20). The number of hydrogen-bond donors (Lipinski definition) is 1. The molecule has 1 saturated heterocycles. The summed E-state index contributed by atoms with van der Waals surface area (Å²) in [6, 6.07) is 9.00. The Hall–Kier alpha value is -2.35. The summed E-state index contributed by atoms with van der Waals surface area (Å²) in [4.78, 5) is 47.7. The minimum Gasteiger partial charge on any atom is -0.456 e. The first kappa shape index (κ1) is 18.0. The number of esters is 1. The fourth-order valence-corrected chi connectivity index (χ4v) is 2.94. The first-order valence-corrected chi connectivity index (χ1v) is 8.47. The van der Waals surface area contributed by atoms with Crippen molar-refractivity contribution in [2.24, 2.45) is 0 Å². The quantitative estimate of drug-likeness (QED) is 0.737. The van der Waals surface area contributed by atoms with Crippen LogP contribution in [-0.4, -0.2) is 53.4 Å². The molecule has 8 heteroatoms. The number of ether oxygens (including phenoxy) is 1. The molecule has 2 rings (SSSR count).